The van der Waals surface area contributed by atoms with E-state index in [9.17, 15) is 9.90 Å². The minimum absolute atomic E-state index is 0.000138. The van der Waals surface area contributed by atoms with Gasteiger partial charge in [0.1, 0.15) is 0 Å². The van der Waals surface area contributed by atoms with Crippen LogP contribution in [0.25, 0.3) is 0 Å². The molecule has 0 radical (unpaired) electrons. The lowest BCUT2D eigenvalue weighted by Crippen LogP contribution is -2.51. The van der Waals surface area contributed by atoms with E-state index < -0.39 is 0 Å². The van der Waals surface area contributed by atoms with Crippen molar-refractivity contribution in [3.63, 3.8) is 0 Å². The minimum atomic E-state index is -0.199. The van der Waals surface area contributed by atoms with Gasteiger partial charge in [0, 0.05) is 12.0 Å². The zero-order valence-corrected chi connectivity index (χ0v) is 12.3. The van der Waals surface area contributed by atoms with Gasteiger partial charge in [-0.2, -0.15) is 0 Å². The topological polar surface area (TPSA) is 52.6 Å². The third-order valence-corrected chi connectivity index (χ3v) is 4.86. The largest absolute Gasteiger partial charge is 0.393 e. The third kappa shape index (κ3) is 3.34. The summed E-state index contributed by atoms with van der Waals surface area (Å²) in [6.45, 7) is 3.17. The monoisotopic (exact) mass is 278 g/mol. The first-order chi connectivity index (χ1) is 9.65. The fourth-order valence-electron chi connectivity index (χ4n) is 3.78. The Bertz CT molecular complexity index is 377. The number of hydrogen-bond donors (Lipinski definition) is 2. The normalized spacial score (nSPS) is 32.5. The Kier molecular flexibility index (Phi) is 5.45. The van der Waals surface area contributed by atoms with Crippen LogP contribution >= 0.6 is 0 Å². The van der Waals surface area contributed by atoms with Gasteiger partial charge in [-0.15, -0.1) is 6.42 Å². The highest BCUT2D eigenvalue weighted by atomic mass is 16.3. The zero-order valence-electron chi connectivity index (χ0n) is 12.3. The number of carbonyl (C=O) groups excluding carboxylic acids is 1. The molecule has 0 aromatic heterocycles. The lowest BCUT2D eigenvalue weighted by atomic mass is 9.80. The van der Waals surface area contributed by atoms with E-state index in [1.54, 1.807) is 0 Å². The maximum absolute atomic E-state index is 12.1. The summed E-state index contributed by atoms with van der Waals surface area (Å²) in [5.41, 5.74) is 0. The molecule has 4 nitrogen and oxygen atoms in total. The number of nitrogens with zero attached hydrogens (tertiary/aromatic N) is 1. The Hall–Kier alpha value is -1.05. The molecule has 112 valence electrons. The molecule has 1 aliphatic carbocycles. The summed E-state index contributed by atoms with van der Waals surface area (Å²) in [5.74, 6) is 2.76. The standard InChI is InChI=1S/C16H26N2O2/c1-3-10-17-16(20)12(2)18-11-6-8-14(18)13-7-4-5-9-15(13)19/h1,12-15,19H,4-11H2,2H3,(H,17,20). The molecule has 0 bridgehead atoms. The number of aliphatic hydroxyl groups excluding tert-OH is 1. The summed E-state index contributed by atoms with van der Waals surface area (Å²) in [6.07, 6.45) is 11.5. The molecule has 4 atom stereocenters. The Morgan fingerprint density at radius 3 is 2.85 bits per heavy atom. The second kappa shape index (κ2) is 7.10. The van der Waals surface area contributed by atoms with Gasteiger partial charge in [-0.05, 0) is 39.2 Å². The summed E-state index contributed by atoms with van der Waals surface area (Å²) in [5, 5.41) is 13.0. The van der Waals surface area contributed by atoms with Crippen LogP contribution in [0.3, 0.4) is 0 Å². The van der Waals surface area contributed by atoms with Crippen molar-refractivity contribution in [1.82, 2.24) is 10.2 Å². The molecule has 20 heavy (non-hydrogen) atoms. The molecule has 4 heteroatoms. The number of aliphatic hydroxyl groups is 1. The van der Waals surface area contributed by atoms with E-state index in [0.29, 0.717) is 12.0 Å². The van der Waals surface area contributed by atoms with Crippen LogP contribution < -0.4 is 5.32 Å². The fourth-order valence-corrected chi connectivity index (χ4v) is 3.78. The average molecular weight is 278 g/mol. The number of hydrogen-bond acceptors (Lipinski definition) is 3. The highest BCUT2D eigenvalue weighted by Crippen LogP contribution is 2.35. The Balaban J connectivity index is 1.99. The Labute approximate surface area is 121 Å². The molecule has 2 rings (SSSR count). The number of likely N-dealkylation sites (tertiary alicyclic amines) is 1. The first-order valence-corrected chi connectivity index (χ1v) is 7.80. The average Bonchev–Trinajstić information content (AvgIpc) is 2.93. The fraction of sp³-hybridized carbons (Fsp3) is 0.812. The minimum Gasteiger partial charge on any atom is -0.393 e. The molecule has 1 saturated heterocycles. The maximum Gasteiger partial charge on any atom is 0.237 e. The molecular weight excluding hydrogens is 252 g/mol. The molecule has 4 unspecified atom stereocenters. The predicted molar refractivity (Wildman–Crippen MR) is 79.0 cm³/mol. The summed E-state index contributed by atoms with van der Waals surface area (Å²) in [6, 6.07) is 0.182. The van der Waals surface area contributed by atoms with Crippen LogP contribution in [0.1, 0.15) is 45.4 Å². The van der Waals surface area contributed by atoms with Crippen molar-refractivity contribution < 1.29 is 9.90 Å². The van der Waals surface area contributed by atoms with Crippen LogP contribution in [0.5, 0.6) is 0 Å². The van der Waals surface area contributed by atoms with Crippen molar-refractivity contribution in [1.29, 1.82) is 0 Å². The van der Waals surface area contributed by atoms with Crippen LogP contribution in [0.4, 0.5) is 0 Å². The van der Waals surface area contributed by atoms with Gasteiger partial charge in [-0.3, -0.25) is 9.69 Å². The molecule has 1 aliphatic heterocycles. The van der Waals surface area contributed by atoms with Crippen molar-refractivity contribution in [3.8, 4) is 12.3 Å². The number of terminal acetylenes is 1. The molecule has 2 aliphatic rings. The Morgan fingerprint density at radius 2 is 2.15 bits per heavy atom. The number of amides is 1. The van der Waals surface area contributed by atoms with E-state index in [4.69, 9.17) is 6.42 Å². The van der Waals surface area contributed by atoms with Crippen LogP contribution in [0, 0.1) is 18.3 Å². The molecule has 0 spiro atoms. The molecule has 2 N–H and O–H groups in total. The lowest BCUT2D eigenvalue weighted by molar-refractivity contribution is -0.127. The number of rotatable bonds is 4. The summed E-state index contributed by atoms with van der Waals surface area (Å²) in [4.78, 5) is 14.4. The maximum atomic E-state index is 12.1. The molecule has 1 heterocycles. The van der Waals surface area contributed by atoms with E-state index >= 15 is 0 Å². The first kappa shape index (κ1) is 15.3. The van der Waals surface area contributed by atoms with Gasteiger partial charge < -0.3 is 10.4 Å². The van der Waals surface area contributed by atoms with Crippen LogP contribution in [-0.4, -0.2) is 47.2 Å². The van der Waals surface area contributed by atoms with Crippen molar-refractivity contribution in [2.45, 2.75) is 63.6 Å². The molecule has 0 aromatic carbocycles. The van der Waals surface area contributed by atoms with Gasteiger partial charge in [0.25, 0.3) is 0 Å². The highest BCUT2D eigenvalue weighted by Gasteiger charge is 2.40. The van der Waals surface area contributed by atoms with Crippen LogP contribution in [-0.2, 0) is 4.79 Å². The van der Waals surface area contributed by atoms with Gasteiger partial charge in [-0.1, -0.05) is 18.8 Å². The lowest BCUT2D eigenvalue weighted by Gasteiger charge is -2.39. The molecule has 2 fully saturated rings. The zero-order chi connectivity index (χ0) is 14.5. The highest BCUT2D eigenvalue weighted by molar-refractivity contribution is 5.81. The SMILES string of the molecule is C#CCNC(=O)C(C)N1CCCC1C1CCCCC1O. The van der Waals surface area contributed by atoms with Crippen molar-refractivity contribution in [2.75, 3.05) is 13.1 Å². The molecule has 0 aromatic rings. The second-order valence-corrected chi connectivity index (χ2v) is 6.06. The summed E-state index contributed by atoms with van der Waals surface area (Å²) >= 11 is 0. The predicted octanol–water partition coefficient (Wildman–Crippen LogP) is 1.14. The number of nitrogens with one attached hydrogen (secondary N) is 1. The molecule has 1 amide bonds. The summed E-state index contributed by atoms with van der Waals surface area (Å²) < 4.78 is 0. The van der Waals surface area contributed by atoms with E-state index in [2.05, 4.69) is 16.1 Å². The van der Waals surface area contributed by atoms with E-state index in [-0.39, 0.29) is 24.6 Å². The van der Waals surface area contributed by atoms with Crippen molar-refractivity contribution >= 4 is 5.91 Å². The quantitative estimate of drug-likeness (QED) is 0.758. The molecule has 1 saturated carbocycles. The van der Waals surface area contributed by atoms with Gasteiger partial charge in [0.05, 0.1) is 18.7 Å². The number of carbonyl (C=O) groups is 1. The molecular formula is C16H26N2O2. The van der Waals surface area contributed by atoms with E-state index in [0.717, 1.165) is 38.6 Å². The van der Waals surface area contributed by atoms with E-state index in [1.807, 2.05) is 6.92 Å². The van der Waals surface area contributed by atoms with E-state index in [1.165, 1.54) is 6.42 Å². The van der Waals surface area contributed by atoms with Gasteiger partial charge >= 0.3 is 0 Å². The third-order valence-electron chi connectivity index (χ3n) is 4.86. The van der Waals surface area contributed by atoms with Crippen molar-refractivity contribution in [3.05, 3.63) is 0 Å². The second-order valence-electron chi connectivity index (χ2n) is 6.06. The smallest absolute Gasteiger partial charge is 0.237 e. The Morgan fingerprint density at radius 1 is 1.40 bits per heavy atom. The van der Waals surface area contributed by atoms with Gasteiger partial charge in [0.2, 0.25) is 5.91 Å². The van der Waals surface area contributed by atoms with Gasteiger partial charge in [-0.25, -0.2) is 0 Å². The van der Waals surface area contributed by atoms with Gasteiger partial charge in [0.15, 0.2) is 0 Å². The summed E-state index contributed by atoms with van der Waals surface area (Å²) in [7, 11) is 0. The van der Waals surface area contributed by atoms with Crippen LogP contribution in [0.15, 0.2) is 0 Å². The first-order valence-electron chi connectivity index (χ1n) is 7.80. The van der Waals surface area contributed by atoms with Crippen LogP contribution in [0.2, 0.25) is 0 Å². The van der Waals surface area contributed by atoms with Crippen molar-refractivity contribution in [2.24, 2.45) is 5.92 Å².